The third-order valence-electron chi connectivity index (χ3n) is 3.93. The van der Waals surface area contributed by atoms with Gasteiger partial charge in [-0.25, -0.2) is 4.98 Å². The lowest BCUT2D eigenvalue weighted by molar-refractivity contribution is 0.312. The van der Waals surface area contributed by atoms with E-state index in [0.717, 1.165) is 44.2 Å². The first kappa shape index (κ1) is 13.3. The second kappa shape index (κ2) is 5.77. The molecule has 1 N–H and O–H groups in total. The maximum absolute atomic E-state index is 4.88. The third kappa shape index (κ3) is 2.62. The summed E-state index contributed by atoms with van der Waals surface area (Å²) in [6, 6.07) is 10.7. The molecule has 0 atom stereocenters. The van der Waals surface area contributed by atoms with E-state index in [4.69, 9.17) is 4.98 Å². The number of hydrogen-bond acceptors (Lipinski definition) is 4. The summed E-state index contributed by atoms with van der Waals surface area (Å²) in [5, 5.41) is 5.74. The summed E-state index contributed by atoms with van der Waals surface area (Å²) in [5.74, 6) is 1.14. The number of nitrogens with zero attached hydrogens (tertiary/aromatic N) is 3. The van der Waals surface area contributed by atoms with E-state index in [2.05, 4.69) is 52.5 Å². The van der Waals surface area contributed by atoms with Gasteiger partial charge in [0.25, 0.3) is 0 Å². The van der Waals surface area contributed by atoms with Crippen molar-refractivity contribution in [3.8, 4) is 0 Å². The number of anilines is 1. The zero-order valence-corrected chi connectivity index (χ0v) is 12.3. The van der Waals surface area contributed by atoms with Gasteiger partial charge in [-0.2, -0.15) is 0 Å². The van der Waals surface area contributed by atoms with Crippen LogP contribution in [-0.2, 0) is 6.54 Å². The summed E-state index contributed by atoms with van der Waals surface area (Å²) in [5.41, 5.74) is 1.11. The van der Waals surface area contributed by atoms with Gasteiger partial charge in [0.2, 0.25) is 0 Å². The molecule has 4 nitrogen and oxygen atoms in total. The molecule has 1 aliphatic heterocycles. The van der Waals surface area contributed by atoms with Crippen molar-refractivity contribution in [3.05, 3.63) is 36.0 Å². The quantitative estimate of drug-likeness (QED) is 0.920. The molecule has 106 valence electrons. The molecule has 2 aromatic rings. The summed E-state index contributed by atoms with van der Waals surface area (Å²) in [7, 11) is 4.15. The second-order valence-corrected chi connectivity index (χ2v) is 5.48. The molecule has 4 heteroatoms. The van der Waals surface area contributed by atoms with Crippen molar-refractivity contribution in [2.45, 2.75) is 6.54 Å². The normalized spacial score (nSPS) is 16.8. The Morgan fingerprint density at radius 3 is 2.65 bits per heavy atom. The van der Waals surface area contributed by atoms with E-state index in [9.17, 15) is 0 Å². The first-order valence-electron chi connectivity index (χ1n) is 7.24. The van der Waals surface area contributed by atoms with Gasteiger partial charge in [-0.3, -0.25) is 0 Å². The number of nitrogens with one attached hydrogen (secondary N) is 1. The number of hydrogen-bond donors (Lipinski definition) is 1. The number of aromatic nitrogens is 1. The standard InChI is InChI=1S/C16H22N4/c1-17-12-14-11-13-5-3-4-6-15(13)16(18-14)20-9-7-19(2)8-10-20/h3-6,11,17H,7-10,12H2,1-2H3. The van der Waals surface area contributed by atoms with Crippen LogP contribution >= 0.6 is 0 Å². The van der Waals surface area contributed by atoms with Crippen molar-refractivity contribution < 1.29 is 0 Å². The molecule has 0 saturated carbocycles. The van der Waals surface area contributed by atoms with Gasteiger partial charge in [-0.15, -0.1) is 0 Å². The van der Waals surface area contributed by atoms with E-state index in [1.165, 1.54) is 10.8 Å². The first-order valence-corrected chi connectivity index (χ1v) is 7.24. The molecule has 20 heavy (non-hydrogen) atoms. The molecule has 0 radical (unpaired) electrons. The average Bonchev–Trinajstić information content (AvgIpc) is 2.48. The number of fused-ring (bicyclic) bond motifs is 1. The lowest BCUT2D eigenvalue weighted by Crippen LogP contribution is -2.45. The molecule has 0 aliphatic carbocycles. The molecular weight excluding hydrogens is 248 g/mol. The van der Waals surface area contributed by atoms with Crippen molar-refractivity contribution in [3.63, 3.8) is 0 Å². The van der Waals surface area contributed by atoms with Gasteiger partial charge in [-0.1, -0.05) is 24.3 Å². The van der Waals surface area contributed by atoms with Gasteiger partial charge in [0.1, 0.15) is 5.82 Å². The average molecular weight is 270 g/mol. The number of rotatable bonds is 3. The van der Waals surface area contributed by atoms with Crippen LogP contribution in [-0.4, -0.2) is 50.2 Å². The summed E-state index contributed by atoms with van der Waals surface area (Å²) >= 11 is 0. The fourth-order valence-corrected chi connectivity index (χ4v) is 2.77. The first-order chi connectivity index (χ1) is 9.78. The second-order valence-electron chi connectivity index (χ2n) is 5.48. The van der Waals surface area contributed by atoms with Gasteiger partial charge in [0.05, 0.1) is 5.69 Å². The molecule has 1 fully saturated rings. The van der Waals surface area contributed by atoms with Crippen LogP contribution in [0.3, 0.4) is 0 Å². The highest BCUT2D eigenvalue weighted by Gasteiger charge is 2.18. The molecule has 1 aliphatic rings. The van der Waals surface area contributed by atoms with Crippen molar-refractivity contribution in [1.29, 1.82) is 0 Å². The third-order valence-corrected chi connectivity index (χ3v) is 3.93. The van der Waals surface area contributed by atoms with Crippen LogP contribution < -0.4 is 10.2 Å². The van der Waals surface area contributed by atoms with E-state index in [1.54, 1.807) is 0 Å². The van der Waals surface area contributed by atoms with Gasteiger partial charge in [0.15, 0.2) is 0 Å². The maximum atomic E-state index is 4.88. The highest BCUT2D eigenvalue weighted by Crippen LogP contribution is 2.26. The fraction of sp³-hybridized carbons (Fsp3) is 0.438. The Hall–Kier alpha value is -1.65. The van der Waals surface area contributed by atoms with Gasteiger partial charge in [-0.05, 0) is 25.5 Å². The summed E-state index contributed by atoms with van der Waals surface area (Å²) in [6.45, 7) is 5.12. The lowest BCUT2D eigenvalue weighted by Gasteiger charge is -2.34. The minimum absolute atomic E-state index is 0.811. The lowest BCUT2D eigenvalue weighted by atomic mass is 10.1. The van der Waals surface area contributed by atoms with Crippen molar-refractivity contribution >= 4 is 16.6 Å². The number of piperazine rings is 1. The SMILES string of the molecule is CNCc1cc2ccccc2c(N2CCN(C)CC2)n1. The molecule has 3 rings (SSSR count). The van der Waals surface area contributed by atoms with Crippen LogP contribution in [0.4, 0.5) is 5.82 Å². The molecule has 2 heterocycles. The molecule has 1 aromatic heterocycles. The molecule has 0 unspecified atom stereocenters. The summed E-state index contributed by atoms with van der Waals surface area (Å²) < 4.78 is 0. The van der Waals surface area contributed by atoms with E-state index in [0.29, 0.717) is 0 Å². The molecule has 1 saturated heterocycles. The minimum atomic E-state index is 0.811. The Kier molecular flexibility index (Phi) is 3.85. The number of benzene rings is 1. The van der Waals surface area contributed by atoms with Crippen molar-refractivity contribution in [2.75, 3.05) is 45.2 Å². The van der Waals surface area contributed by atoms with Crippen LogP contribution in [0, 0.1) is 0 Å². The predicted octanol–water partition coefficient (Wildman–Crippen LogP) is 1.71. The van der Waals surface area contributed by atoms with Gasteiger partial charge < -0.3 is 15.1 Å². The molecule has 1 aromatic carbocycles. The highest BCUT2D eigenvalue weighted by molar-refractivity contribution is 5.92. The van der Waals surface area contributed by atoms with Gasteiger partial charge in [0, 0.05) is 38.1 Å². The van der Waals surface area contributed by atoms with E-state index in [-0.39, 0.29) is 0 Å². The predicted molar refractivity (Wildman–Crippen MR) is 84.2 cm³/mol. The Bertz CT molecular complexity index is 588. The monoisotopic (exact) mass is 270 g/mol. The largest absolute Gasteiger partial charge is 0.354 e. The summed E-state index contributed by atoms with van der Waals surface area (Å²) in [6.07, 6.45) is 0. The van der Waals surface area contributed by atoms with E-state index < -0.39 is 0 Å². The van der Waals surface area contributed by atoms with Crippen LogP contribution in [0.5, 0.6) is 0 Å². The molecule has 0 spiro atoms. The number of likely N-dealkylation sites (N-methyl/N-ethyl adjacent to an activating group) is 1. The van der Waals surface area contributed by atoms with Crippen LogP contribution in [0.25, 0.3) is 10.8 Å². The van der Waals surface area contributed by atoms with Crippen LogP contribution in [0.1, 0.15) is 5.69 Å². The van der Waals surface area contributed by atoms with E-state index >= 15 is 0 Å². The molecule has 0 amide bonds. The minimum Gasteiger partial charge on any atom is -0.354 e. The summed E-state index contributed by atoms with van der Waals surface area (Å²) in [4.78, 5) is 9.67. The molecule has 0 bridgehead atoms. The number of pyridine rings is 1. The van der Waals surface area contributed by atoms with E-state index in [1.807, 2.05) is 7.05 Å². The molecular formula is C16H22N4. The zero-order valence-electron chi connectivity index (χ0n) is 12.3. The maximum Gasteiger partial charge on any atom is 0.136 e. The van der Waals surface area contributed by atoms with Crippen LogP contribution in [0.15, 0.2) is 30.3 Å². The zero-order chi connectivity index (χ0) is 13.9. The van der Waals surface area contributed by atoms with Crippen molar-refractivity contribution in [2.24, 2.45) is 0 Å². The van der Waals surface area contributed by atoms with Crippen LogP contribution in [0.2, 0.25) is 0 Å². The van der Waals surface area contributed by atoms with Gasteiger partial charge >= 0.3 is 0 Å². The Morgan fingerprint density at radius 2 is 1.90 bits per heavy atom. The fourth-order valence-electron chi connectivity index (χ4n) is 2.77. The van der Waals surface area contributed by atoms with Crippen molar-refractivity contribution in [1.82, 2.24) is 15.2 Å². The highest BCUT2D eigenvalue weighted by atomic mass is 15.3. The smallest absolute Gasteiger partial charge is 0.136 e. The Balaban J connectivity index is 2.03. The Morgan fingerprint density at radius 1 is 1.15 bits per heavy atom. The topological polar surface area (TPSA) is 31.4 Å². The Labute approximate surface area is 120 Å².